The Hall–Kier alpha value is -1.57. The Bertz CT molecular complexity index is 523. The van der Waals surface area contributed by atoms with Gasteiger partial charge >= 0.3 is 0 Å². The van der Waals surface area contributed by atoms with Gasteiger partial charge in [-0.15, -0.1) is 0 Å². The number of benzene rings is 1. The van der Waals surface area contributed by atoms with Crippen molar-refractivity contribution in [2.24, 2.45) is 0 Å². The van der Waals surface area contributed by atoms with Crippen molar-refractivity contribution in [3.8, 4) is 0 Å². The summed E-state index contributed by atoms with van der Waals surface area (Å²) in [4.78, 5) is 11.3. The number of carbonyl (C=O) groups excluding carboxylic acids is 1. The van der Waals surface area contributed by atoms with Gasteiger partial charge in [0, 0.05) is 29.2 Å². The van der Waals surface area contributed by atoms with Gasteiger partial charge in [-0.1, -0.05) is 0 Å². The molecule has 0 aliphatic carbocycles. The third kappa shape index (κ3) is 1.56. The van der Waals surface area contributed by atoms with Crippen LogP contribution in [0, 0.1) is 6.92 Å². The topological polar surface area (TPSA) is 22.0 Å². The number of Topliss-reactive ketones (excluding diaryl/α,β-unsaturated/α-hetero) is 1. The van der Waals surface area contributed by atoms with E-state index in [0.717, 1.165) is 12.1 Å². The summed E-state index contributed by atoms with van der Waals surface area (Å²) in [5, 5.41) is 1.18. The van der Waals surface area contributed by atoms with Crippen LogP contribution < -0.4 is 0 Å². The number of hydrogen-bond donors (Lipinski definition) is 0. The highest BCUT2D eigenvalue weighted by Crippen LogP contribution is 2.22. The number of aromatic nitrogens is 1. The maximum Gasteiger partial charge on any atom is 0.159 e. The molecule has 0 aliphatic rings. The average Bonchev–Trinajstić information content (AvgIpc) is 2.55. The molecule has 0 spiro atoms. The molecule has 15 heavy (non-hydrogen) atoms. The van der Waals surface area contributed by atoms with Crippen LogP contribution in [-0.2, 0) is 6.54 Å². The van der Waals surface area contributed by atoms with Crippen molar-refractivity contribution < 1.29 is 4.79 Å². The van der Waals surface area contributed by atoms with E-state index in [1.54, 1.807) is 6.92 Å². The number of aryl methyl sites for hydroxylation is 2. The zero-order valence-electron chi connectivity index (χ0n) is 9.37. The highest BCUT2D eigenvalue weighted by molar-refractivity contribution is 5.98. The molecule has 0 fully saturated rings. The first-order chi connectivity index (χ1) is 7.13. The molecule has 0 atom stereocenters. The Morgan fingerprint density at radius 1 is 1.40 bits per heavy atom. The summed E-state index contributed by atoms with van der Waals surface area (Å²) in [7, 11) is 0. The van der Waals surface area contributed by atoms with Gasteiger partial charge in [0.2, 0.25) is 0 Å². The summed E-state index contributed by atoms with van der Waals surface area (Å²) in [6.07, 6.45) is 2.13. The summed E-state index contributed by atoms with van der Waals surface area (Å²) in [6, 6.07) is 5.91. The second-order valence-electron chi connectivity index (χ2n) is 3.89. The predicted octanol–water partition coefficient (Wildman–Crippen LogP) is 3.17. The first-order valence-corrected chi connectivity index (χ1v) is 5.24. The minimum Gasteiger partial charge on any atom is -0.347 e. The molecule has 1 aromatic heterocycles. The van der Waals surface area contributed by atoms with Gasteiger partial charge < -0.3 is 4.57 Å². The highest BCUT2D eigenvalue weighted by atomic mass is 16.1. The second kappa shape index (κ2) is 3.54. The Balaban J connectivity index is 2.72. The predicted molar refractivity (Wildman–Crippen MR) is 62.4 cm³/mol. The minimum absolute atomic E-state index is 0.126. The number of hydrogen-bond acceptors (Lipinski definition) is 1. The van der Waals surface area contributed by atoms with E-state index < -0.39 is 0 Å². The molecule has 2 nitrogen and oxygen atoms in total. The molecule has 0 saturated heterocycles. The number of ketones is 1. The number of rotatable bonds is 2. The van der Waals surface area contributed by atoms with Gasteiger partial charge in [0.15, 0.2) is 5.78 Å². The van der Waals surface area contributed by atoms with Crippen molar-refractivity contribution in [2.45, 2.75) is 27.3 Å². The lowest BCUT2D eigenvalue weighted by Gasteiger charge is -2.01. The fraction of sp³-hybridized carbons (Fsp3) is 0.308. The van der Waals surface area contributed by atoms with Crippen molar-refractivity contribution in [1.82, 2.24) is 4.57 Å². The van der Waals surface area contributed by atoms with Gasteiger partial charge in [-0.2, -0.15) is 0 Å². The number of nitrogens with zero attached hydrogens (tertiary/aromatic N) is 1. The Labute approximate surface area is 89.5 Å². The molecule has 2 aromatic rings. The van der Waals surface area contributed by atoms with Gasteiger partial charge in [-0.05, 0) is 44.5 Å². The third-order valence-corrected chi connectivity index (χ3v) is 2.83. The molecule has 0 radical (unpaired) electrons. The summed E-state index contributed by atoms with van der Waals surface area (Å²) >= 11 is 0. The van der Waals surface area contributed by atoms with Crippen LogP contribution in [0.4, 0.5) is 0 Å². The molecule has 1 heterocycles. The highest BCUT2D eigenvalue weighted by Gasteiger charge is 2.06. The van der Waals surface area contributed by atoms with Gasteiger partial charge in [-0.25, -0.2) is 0 Å². The molecule has 78 valence electrons. The Morgan fingerprint density at radius 3 is 2.73 bits per heavy atom. The molecule has 2 heteroatoms. The summed E-state index contributed by atoms with van der Waals surface area (Å²) in [5.41, 5.74) is 3.23. The largest absolute Gasteiger partial charge is 0.347 e. The molecular formula is C13H15NO. The van der Waals surface area contributed by atoms with Crippen molar-refractivity contribution in [3.63, 3.8) is 0 Å². The quantitative estimate of drug-likeness (QED) is 0.684. The van der Waals surface area contributed by atoms with Crippen LogP contribution in [0.15, 0.2) is 24.4 Å². The van der Waals surface area contributed by atoms with Crippen LogP contribution >= 0.6 is 0 Å². The van der Waals surface area contributed by atoms with E-state index in [1.807, 2.05) is 18.2 Å². The standard InChI is InChI=1S/C13H15NO/c1-4-14-8-9(2)12-7-11(10(3)15)5-6-13(12)14/h5-8H,4H2,1-3H3. The number of fused-ring (bicyclic) bond motifs is 1. The first kappa shape index (κ1) is 9.97. The molecule has 0 bridgehead atoms. The summed E-state index contributed by atoms with van der Waals surface area (Å²) in [6.45, 7) is 6.77. The lowest BCUT2D eigenvalue weighted by Crippen LogP contribution is -1.93. The monoisotopic (exact) mass is 201 g/mol. The minimum atomic E-state index is 0.126. The van der Waals surface area contributed by atoms with Crippen molar-refractivity contribution in [3.05, 3.63) is 35.5 Å². The van der Waals surface area contributed by atoms with Crippen LogP contribution in [0.3, 0.4) is 0 Å². The molecule has 2 rings (SSSR count). The fourth-order valence-electron chi connectivity index (χ4n) is 1.96. The zero-order chi connectivity index (χ0) is 11.0. The Kier molecular flexibility index (Phi) is 2.35. The molecular weight excluding hydrogens is 186 g/mol. The lowest BCUT2D eigenvalue weighted by molar-refractivity contribution is 0.101. The summed E-state index contributed by atoms with van der Waals surface area (Å²) < 4.78 is 2.20. The third-order valence-electron chi connectivity index (χ3n) is 2.83. The van der Waals surface area contributed by atoms with E-state index in [1.165, 1.54) is 16.5 Å². The van der Waals surface area contributed by atoms with E-state index in [-0.39, 0.29) is 5.78 Å². The molecule has 0 unspecified atom stereocenters. The SMILES string of the molecule is CCn1cc(C)c2cc(C(C)=O)ccc21. The smallest absolute Gasteiger partial charge is 0.159 e. The van der Waals surface area contributed by atoms with E-state index in [4.69, 9.17) is 0 Å². The lowest BCUT2D eigenvalue weighted by atomic mass is 10.1. The van der Waals surface area contributed by atoms with E-state index in [2.05, 4.69) is 24.6 Å². The van der Waals surface area contributed by atoms with Crippen molar-refractivity contribution in [2.75, 3.05) is 0 Å². The average molecular weight is 201 g/mol. The molecule has 0 amide bonds. The molecule has 1 aromatic carbocycles. The van der Waals surface area contributed by atoms with E-state index in [9.17, 15) is 4.79 Å². The molecule has 0 N–H and O–H groups in total. The van der Waals surface area contributed by atoms with Crippen LogP contribution in [0.5, 0.6) is 0 Å². The zero-order valence-corrected chi connectivity index (χ0v) is 9.37. The number of carbonyl (C=O) groups is 1. The maximum absolute atomic E-state index is 11.3. The van der Waals surface area contributed by atoms with Crippen LogP contribution in [0.25, 0.3) is 10.9 Å². The van der Waals surface area contributed by atoms with Gasteiger partial charge in [0.1, 0.15) is 0 Å². The Morgan fingerprint density at radius 2 is 2.13 bits per heavy atom. The normalized spacial score (nSPS) is 10.9. The molecule has 0 aliphatic heterocycles. The van der Waals surface area contributed by atoms with Gasteiger partial charge in [0.25, 0.3) is 0 Å². The van der Waals surface area contributed by atoms with Crippen LogP contribution in [0.1, 0.15) is 29.8 Å². The van der Waals surface area contributed by atoms with Crippen LogP contribution in [0.2, 0.25) is 0 Å². The fourth-order valence-corrected chi connectivity index (χ4v) is 1.96. The van der Waals surface area contributed by atoms with Crippen LogP contribution in [-0.4, -0.2) is 10.4 Å². The van der Waals surface area contributed by atoms with E-state index >= 15 is 0 Å². The second-order valence-corrected chi connectivity index (χ2v) is 3.89. The van der Waals surface area contributed by atoms with E-state index in [0.29, 0.717) is 0 Å². The van der Waals surface area contributed by atoms with Gasteiger partial charge in [-0.3, -0.25) is 4.79 Å². The molecule has 0 saturated carbocycles. The summed E-state index contributed by atoms with van der Waals surface area (Å²) in [5.74, 6) is 0.126. The van der Waals surface area contributed by atoms with Crippen molar-refractivity contribution in [1.29, 1.82) is 0 Å². The first-order valence-electron chi connectivity index (χ1n) is 5.24. The maximum atomic E-state index is 11.3. The van der Waals surface area contributed by atoms with Crippen molar-refractivity contribution >= 4 is 16.7 Å². The van der Waals surface area contributed by atoms with Gasteiger partial charge in [0.05, 0.1) is 0 Å².